The molecule has 0 saturated carbocycles. The third kappa shape index (κ3) is 5.95. The molecule has 25 heavy (non-hydrogen) atoms. The van der Waals surface area contributed by atoms with Crippen molar-refractivity contribution in [2.24, 2.45) is 0 Å². The van der Waals surface area contributed by atoms with Crippen LogP contribution in [0, 0.1) is 0 Å². The molecule has 5 nitrogen and oxygen atoms in total. The molecule has 0 radical (unpaired) electrons. The molecular weight excluding hydrogens is 318 g/mol. The SMILES string of the molecule is CCc1ccccc1C(=O)NCc1ccc(OCCCC(=O)O)cc1. The first kappa shape index (κ1) is 18.5. The van der Waals surface area contributed by atoms with Crippen LogP contribution < -0.4 is 10.1 Å². The van der Waals surface area contributed by atoms with E-state index in [0.29, 0.717) is 30.9 Å². The topological polar surface area (TPSA) is 75.6 Å². The molecule has 0 spiro atoms. The first-order valence-electron chi connectivity index (χ1n) is 8.39. The lowest BCUT2D eigenvalue weighted by Gasteiger charge is -2.10. The van der Waals surface area contributed by atoms with E-state index >= 15 is 0 Å². The largest absolute Gasteiger partial charge is 0.494 e. The first-order valence-corrected chi connectivity index (χ1v) is 8.39. The number of ether oxygens (including phenoxy) is 1. The number of aryl methyl sites for hydroxylation is 1. The predicted octanol–water partition coefficient (Wildman–Crippen LogP) is 3.42. The lowest BCUT2D eigenvalue weighted by molar-refractivity contribution is -0.137. The van der Waals surface area contributed by atoms with E-state index in [1.165, 1.54) is 0 Å². The summed E-state index contributed by atoms with van der Waals surface area (Å²) in [6.07, 6.45) is 1.39. The maximum Gasteiger partial charge on any atom is 0.303 e. The minimum Gasteiger partial charge on any atom is -0.494 e. The molecular formula is C20H23NO4. The van der Waals surface area contributed by atoms with Crippen LogP contribution in [0.25, 0.3) is 0 Å². The predicted molar refractivity (Wildman–Crippen MR) is 95.8 cm³/mol. The van der Waals surface area contributed by atoms with E-state index in [2.05, 4.69) is 5.32 Å². The second-order valence-corrected chi connectivity index (χ2v) is 5.68. The number of amides is 1. The average Bonchev–Trinajstić information content (AvgIpc) is 2.64. The lowest BCUT2D eigenvalue weighted by Crippen LogP contribution is -2.23. The van der Waals surface area contributed by atoms with Gasteiger partial charge in [0.25, 0.3) is 5.91 Å². The Hall–Kier alpha value is -2.82. The van der Waals surface area contributed by atoms with Gasteiger partial charge >= 0.3 is 5.97 Å². The molecule has 0 aliphatic carbocycles. The van der Waals surface area contributed by atoms with E-state index in [9.17, 15) is 9.59 Å². The second-order valence-electron chi connectivity index (χ2n) is 5.68. The molecule has 0 unspecified atom stereocenters. The van der Waals surface area contributed by atoms with E-state index in [1.54, 1.807) is 0 Å². The van der Waals surface area contributed by atoms with Crippen LogP contribution in [0.2, 0.25) is 0 Å². The number of rotatable bonds is 9. The summed E-state index contributed by atoms with van der Waals surface area (Å²) >= 11 is 0. The molecule has 5 heteroatoms. The van der Waals surface area contributed by atoms with Gasteiger partial charge in [-0.1, -0.05) is 37.3 Å². The number of carboxylic acids is 1. The van der Waals surface area contributed by atoms with Gasteiger partial charge in [-0.3, -0.25) is 9.59 Å². The minimum atomic E-state index is -0.820. The number of nitrogens with one attached hydrogen (secondary N) is 1. The Bertz CT molecular complexity index is 710. The van der Waals surface area contributed by atoms with Crippen molar-refractivity contribution in [3.63, 3.8) is 0 Å². The van der Waals surface area contributed by atoms with Crippen LogP contribution in [0.1, 0.15) is 41.3 Å². The maximum absolute atomic E-state index is 12.3. The number of hydrogen-bond donors (Lipinski definition) is 2. The first-order chi connectivity index (χ1) is 12.1. The zero-order chi connectivity index (χ0) is 18.1. The van der Waals surface area contributed by atoms with Gasteiger partial charge in [-0.15, -0.1) is 0 Å². The van der Waals surface area contributed by atoms with Crippen molar-refractivity contribution in [2.75, 3.05) is 6.61 Å². The van der Waals surface area contributed by atoms with Crippen LogP contribution in [0.3, 0.4) is 0 Å². The molecule has 0 aliphatic rings. The molecule has 2 aromatic rings. The Kier molecular flexibility index (Phi) is 7.01. The van der Waals surface area contributed by atoms with Gasteiger partial charge in [0.05, 0.1) is 6.61 Å². The molecule has 0 heterocycles. The number of benzene rings is 2. The fourth-order valence-electron chi connectivity index (χ4n) is 2.44. The smallest absolute Gasteiger partial charge is 0.303 e. The molecule has 2 aromatic carbocycles. The Morgan fingerprint density at radius 1 is 1.08 bits per heavy atom. The van der Waals surface area contributed by atoms with Crippen LogP contribution in [0.15, 0.2) is 48.5 Å². The molecule has 2 N–H and O–H groups in total. The van der Waals surface area contributed by atoms with Crippen molar-refractivity contribution < 1.29 is 19.4 Å². The van der Waals surface area contributed by atoms with E-state index in [-0.39, 0.29) is 12.3 Å². The van der Waals surface area contributed by atoms with Gasteiger partial charge in [0.1, 0.15) is 5.75 Å². The Morgan fingerprint density at radius 3 is 2.48 bits per heavy atom. The van der Waals surface area contributed by atoms with Crippen LogP contribution >= 0.6 is 0 Å². The quantitative estimate of drug-likeness (QED) is 0.685. The van der Waals surface area contributed by atoms with Crippen molar-refractivity contribution in [3.8, 4) is 5.75 Å². The Morgan fingerprint density at radius 2 is 1.80 bits per heavy atom. The Labute approximate surface area is 147 Å². The monoisotopic (exact) mass is 341 g/mol. The number of carbonyl (C=O) groups is 2. The number of aliphatic carboxylic acids is 1. The van der Waals surface area contributed by atoms with Gasteiger partial charge in [-0.2, -0.15) is 0 Å². The molecule has 2 rings (SSSR count). The van der Waals surface area contributed by atoms with E-state index in [1.807, 2.05) is 55.5 Å². The molecule has 0 fully saturated rings. The fraction of sp³-hybridized carbons (Fsp3) is 0.300. The van der Waals surface area contributed by atoms with Crippen molar-refractivity contribution in [3.05, 3.63) is 65.2 Å². The van der Waals surface area contributed by atoms with Gasteiger partial charge < -0.3 is 15.2 Å². The highest BCUT2D eigenvalue weighted by Gasteiger charge is 2.09. The van der Waals surface area contributed by atoms with Crippen LogP contribution in [-0.4, -0.2) is 23.6 Å². The summed E-state index contributed by atoms with van der Waals surface area (Å²) in [6, 6.07) is 15.0. The zero-order valence-electron chi connectivity index (χ0n) is 14.3. The van der Waals surface area contributed by atoms with E-state index in [0.717, 1.165) is 17.5 Å². The summed E-state index contributed by atoms with van der Waals surface area (Å²) in [4.78, 5) is 22.7. The highest BCUT2D eigenvalue weighted by Crippen LogP contribution is 2.13. The minimum absolute atomic E-state index is 0.0774. The summed E-state index contributed by atoms with van der Waals surface area (Å²) in [5.74, 6) is -0.206. The summed E-state index contributed by atoms with van der Waals surface area (Å²) in [6.45, 7) is 2.84. The molecule has 1 amide bonds. The summed E-state index contributed by atoms with van der Waals surface area (Å²) in [5, 5.41) is 11.5. The molecule has 0 saturated heterocycles. The highest BCUT2D eigenvalue weighted by atomic mass is 16.5. The van der Waals surface area contributed by atoms with E-state index in [4.69, 9.17) is 9.84 Å². The molecule has 0 bridgehead atoms. The van der Waals surface area contributed by atoms with Crippen molar-refractivity contribution in [1.82, 2.24) is 5.32 Å². The number of carbonyl (C=O) groups excluding carboxylic acids is 1. The second kappa shape index (κ2) is 9.47. The van der Waals surface area contributed by atoms with Crippen molar-refractivity contribution >= 4 is 11.9 Å². The van der Waals surface area contributed by atoms with Crippen molar-refractivity contribution in [1.29, 1.82) is 0 Å². The Balaban J connectivity index is 1.83. The van der Waals surface area contributed by atoms with Gasteiger partial charge in [0, 0.05) is 18.5 Å². The van der Waals surface area contributed by atoms with Gasteiger partial charge in [0.15, 0.2) is 0 Å². The number of hydrogen-bond acceptors (Lipinski definition) is 3. The third-order valence-corrected chi connectivity index (χ3v) is 3.82. The molecule has 0 aromatic heterocycles. The summed E-state index contributed by atoms with van der Waals surface area (Å²) in [7, 11) is 0. The third-order valence-electron chi connectivity index (χ3n) is 3.82. The molecule has 0 atom stereocenters. The standard InChI is InChI=1S/C20H23NO4/c1-2-16-6-3-4-7-18(16)20(24)21-14-15-9-11-17(12-10-15)25-13-5-8-19(22)23/h3-4,6-7,9-12H,2,5,8,13-14H2,1H3,(H,21,24)(H,22,23). The number of carboxylic acid groups (broad SMARTS) is 1. The van der Waals surface area contributed by atoms with Gasteiger partial charge in [0.2, 0.25) is 0 Å². The molecule has 0 aliphatic heterocycles. The van der Waals surface area contributed by atoms with Crippen molar-refractivity contribution in [2.45, 2.75) is 32.7 Å². The summed E-state index contributed by atoms with van der Waals surface area (Å²) in [5.41, 5.74) is 2.72. The maximum atomic E-state index is 12.3. The van der Waals surface area contributed by atoms with Gasteiger partial charge in [-0.25, -0.2) is 0 Å². The fourth-order valence-corrected chi connectivity index (χ4v) is 2.44. The van der Waals surface area contributed by atoms with Crippen LogP contribution in [0.4, 0.5) is 0 Å². The average molecular weight is 341 g/mol. The van der Waals surface area contributed by atoms with Crippen LogP contribution in [0.5, 0.6) is 5.75 Å². The highest BCUT2D eigenvalue weighted by molar-refractivity contribution is 5.95. The van der Waals surface area contributed by atoms with Crippen LogP contribution in [-0.2, 0) is 17.8 Å². The summed E-state index contributed by atoms with van der Waals surface area (Å²) < 4.78 is 5.49. The zero-order valence-corrected chi connectivity index (χ0v) is 14.3. The van der Waals surface area contributed by atoms with E-state index < -0.39 is 5.97 Å². The van der Waals surface area contributed by atoms with Gasteiger partial charge in [-0.05, 0) is 42.2 Å². The molecule has 132 valence electrons. The lowest BCUT2D eigenvalue weighted by atomic mass is 10.0. The normalized spacial score (nSPS) is 10.3.